The van der Waals surface area contributed by atoms with Crippen LogP contribution in [0.2, 0.25) is 0 Å². The first-order valence-electron chi connectivity index (χ1n) is 8.74. The minimum absolute atomic E-state index is 0.203. The van der Waals surface area contributed by atoms with Crippen LogP contribution in [-0.4, -0.2) is 11.2 Å². The second kappa shape index (κ2) is 6.16. The molecule has 2 fully saturated rings. The van der Waals surface area contributed by atoms with Crippen LogP contribution in [0.15, 0.2) is 0 Å². The van der Waals surface area contributed by atoms with E-state index >= 15 is 0 Å². The van der Waals surface area contributed by atoms with E-state index in [-0.39, 0.29) is 11.2 Å². The summed E-state index contributed by atoms with van der Waals surface area (Å²) in [5.74, 6) is 1.66. The van der Waals surface area contributed by atoms with Crippen LogP contribution in [-0.2, 0) is 4.74 Å². The van der Waals surface area contributed by atoms with E-state index in [4.69, 9.17) is 4.74 Å². The summed E-state index contributed by atoms with van der Waals surface area (Å²) in [5, 5.41) is 0. The number of ether oxygens (including phenoxy) is 1. The Balaban J connectivity index is 1.85. The third-order valence-electron chi connectivity index (χ3n) is 5.98. The van der Waals surface area contributed by atoms with Crippen molar-refractivity contribution in [1.29, 1.82) is 0 Å². The maximum Gasteiger partial charge on any atom is 0.0690 e. The van der Waals surface area contributed by atoms with Crippen LogP contribution in [0.5, 0.6) is 0 Å². The van der Waals surface area contributed by atoms with Crippen molar-refractivity contribution < 1.29 is 4.74 Å². The lowest BCUT2D eigenvalue weighted by Crippen LogP contribution is -2.57. The molecule has 0 N–H and O–H groups in total. The molecule has 2 rings (SSSR count). The lowest BCUT2D eigenvalue weighted by Gasteiger charge is -2.57. The van der Waals surface area contributed by atoms with E-state index in [1.807, 2.05) is 0 Å². The van der Waals surface area contributed by atoms with E-state index in [1.165, 1.54) is 64.2 Å². The summed E-state index contributed by atoms with van der Waals surface area (Å²) >= 11 is 0. The number of hydrogen-bond donors (Lipinski definition) is 0. The van der Waals surface area contributed by atoms with Crippen LogP contribution < -0.4 is 0 Å². The zero-order valence-corrected chi connectivity index (χ0v) is 13.6. The SMILES string of the molecule is CCCCC1CCC1(C)OC1(C)CCC1CCCC. The molecule has 1 heteroatoms. The Morgan fingerprint density at radius 1 is 0.842 bits per heavy atom. The van der Waals surface area contributed by atoms with Gasteiger partial charge in [-0.05, 0) is 64.2 Å². The van der Waals surface area contributed by atoms with Gasteiger partial charge in [-0.15, -0.1) is 0 Å². The van der Waals surface area contributed by atoms with Gasteiger partial charge in [0.25, 0.3) is 0 Å². The molecule has 112 valence electrons. The molecule has 0 aliphatic heterocycles. The van der Waals surface area contributed by atoms with E-state index in [1.54, 1.807) is 0 Å². The molecule has 19 heavy (non-hydrogen) atoms. The van der Waals surface area contributed by atoms with E-state index < -0.39 is 0 Å². The lowest BCUT2D eigenvalue weighted by molar-refractivity contribution is -0.255. The third-order valence-corrected chi connectivity index (χ3v) is 5.98. The molecule has 0 aromatic rings. The topological polar surface area (TPSA) is 9.23 Å². The molecule has 0 saturated heterocycles. The van der Waals surface area contributed by atoms with Crippen molar-refractivity contribution in [2.75, 3.05) is 0 Å². The van der Waals surface area contributed by atoms with Gasteiger partial charge in [0.05, 0.1) is 11.2 Å². The minimum Gasteiger partial charge on any atom is -0.369 e. The molecule has 0 spiro atoms. The molecule has 1 nitrogen and oxygen atoms in total. The van der Waals surface area contributed by atoms with Crippen LogP contribution in [0.1, 0.15) is 91.9 Å². The van der Waals surface area contributed by atoms with Crippen molar-refractivity contribution in [1.82, 2.24) is 0 Å². The minimum atomic E-state index is 0.203. The monoisotopic (exact) mass is 266 g/mol. The highest BCUT2D eigenvalue weighted by atomic mass is 16.5. The number of rotatable bonds is 8. The summed E-state index contributed by atoms with van der Waals surface area (Å²) in [6.07, 6.45) is 13.5. The van der Waals surface area contributed by atoms with E-state index in [9.17, 15) is 0 Å². The van der Waals surface area contributed by atoms with Crippen molar-refractivity contribution in [2.24, 2.45) is 11.8 Å². The van der Waals surface area contributed by atoms with Gasteiger partial charge < -0.3 is 4.74 Å². The Morgan fingerprint density at radius 2 is 1.26 bits per heavy atom. The summed E-state index contributed by atoms with van der Waals surface area (Å²) < 4.78 is 6.72. The fourth-order valence-electron chi connectivity index (χ4n) is 4.11. The van der Waals surface area contributed by atoms with Gasteiger partial charge in [-0.25, -0.2) is 0 Å². The second-order valence-corrected chi connectivity index (χ2v) is 7.48. The van der Waals surface area contributed by atoms with Crippen molar-refractivity contribution in [3.8, 4) is 0 Å². The summed E-state index contributed by atoms with van der Waals surface area (Å²) in [6.45, 7) is 9.37. The molecule has 0 aromatic carbocycles. The van der Waals surface area contributed by atoms with Crippen molar-refractivity contribution >= 4 is 0 Å². The predicted molar refractivity (Wildman–Crippen MR) is 82.4 cm³/mol. The van der Waals surface area contributed by atoms with E-state index in [0.717, 1.165) is 11.8 Å². The van der Waals surface area contributed by atoms with Crippen LogP contribution in [0.3, 0.4) is 0 Å². The quantitative estimate of drug-likeness (QED) is 0.546. The molecule has 2 saturated carbocycles. The molecular formula is C18H34O. The molecule has 2 aliphatic carbocycles. The highest BCUT2D eigenvalue weighted by Gasteiger charge is 2.52. The average Bonchev–Trinajstić information content (AvgIpc) is 2.37. The van der Waals surface area contributed by atoms with Gasteiger partial charge in [0.1, 0.15) is 0 Å². The van der Waals surface area contributed by atoms with Gasteiger partial charge in [0, 0.05) is 0 Å². The predicted octanol–water partition coefficient (Wildman–Crippen LogP) is 5.72. The first-order chi connectivity index (χ1) is 9.04. The van der Waals surface area contributed by atoms with Crippen LogP contribution in [0, 0.1) is 11.8 Å². The molecule has 4 atom stereocenters. The van der Waals surface area contributed by atoms with Crippen LogP contribution >= 0.6 is 0 Å². The largest absolute Gasteiger partial charge is 0.369 e. The molecule has 0 bridgehead atoms. The molecule has 0 amide bonds. The fraction of sp³-hybridized carbons (Fsp3) is 1.00. The molecule has 0 heterocycles. The molecule has 0 radical (unpaired) electrons. The second-order valence-electron chi connectivity index (χ2n) is 7.48. The Hall–Kier alpha value is -0.0400. The maximum absolute atomic E-state index is 6.72. The third kappa shape index (κ3) is 3.17. The smallest absolute Gasteiger partial charge is 0.0690 e. The van der Waals surface area contributed by atoms with Crippen molar-refractivity contribution in [3.05, 3.63) is 0 Å². The summed E-state index contributed by atoms with van der Waals surface area (Å²) in [6, 6.07) is 0. The maximum atomic E-state index is 6.72. The standard InChI is InChI=1S/C18H34O/c1-5-7-9-15-11-13-17(15,3)19-18(4)14-12-16(18)10-8-6-2/h15-16H,5-14H2,1-4H3. The Kier molecular flexibility index (Phi) is 4.98. The van der Waals surface area contributed by atoms with Gasteiger partial charge in [0.2, 0.25) is 0 Å². The average molecular weight is 266 g/mol. The zero-order valence-electron chi connectivity index (χ0n) is 13.6. The summed E-state index contributed by atoms with van der Waals surface area (Å²) in [5.41, 5.74) is 0.406. The zero-order chi connectivity index (χ0) is 13.9. The lowest BCUT2D eigenvalue weighted by atomic mass is 9.64. The van der Waals surface area contributed by atoms with E-state index in [2.05, 4.69) is 27.7 Å². The normalized spacial score (nSPS) is 41.7. The van der Waals surface area contributed by atoms with E-state index in [0.29, 0.717) is 0 Å². The first kappa shape index (κ1) is 15.4. The Labute approximate surface area is 120 Å². The van der Waals surface area contributed by atoms with Gasteiger partial charge in [-0.1, -0.05) is 39.5 Å². The van der Waals surface area contributed by atoms with Crippen LogP contribution in [0.4, 0.5) is 0 Å². The Morgan fingerprint density at radius 3 is 1.53 bits per heavy atom. The molecular weight excluding hydrogens is 232 g/mol. The van der Waals surface area contributed by atoms with Crippen molar-refractivity contribution in [3.63, 3.8) is 0 Å². The van der Waals surface area contributed by atoms with Crippen molar-refractivity contribution in [2.45, 2.75) is 103 Å². The van der Waals surface area contributed by atoms with Gasteiger partial charge in [-0.2, -0.15) is 0 Å². The summed E-state index contributed by atoms with van der Waals surface area (Å²) in [7, 11) is 0. The molecule has 4 unspecified atom stereocenters. The highest BCUT2D eigenvalue weighted by Crippen LogP contribution is 2.53. The van der Waals surface area contributed by atoms with Gasteiger partial charge >= 0.3 is 0 Å². The first-order valence-corrected chi connectivity index (χ1v) is 8.74. The van der Waals surface area contributed by atoms with Gasteiger partial charge in [-0.3, -0.25) is 0 Å². The number of unbranched alkanes of at least 4 members (excludes halogenated alkanes) is 2. The fourth-order valence-corrected chi connectivity index (χ4v) is 4.11. The summed E-state index contributed by atoms with van der Waals surface area (Å²) in [4.78, 5) is 0. The molecule has 2 aliphatic rings. The Bertz CT molecular complexity index is 259. The van der Waals surface area contributed by atoms with Crippen LogP contribution in [0.25, 0.3) is 0 Å². The molecule has 0 aromatic heterocycles. The highest BCUT2D eigenvalue weighted by molar-refractivity contribution is 5.01. The van der Waals surface area contributed by atoms with Gasteiger partial charge in [0.15, 0.2) is 0 Å². The number of hydrogen-bond acceptors (Lipinski definition) is 1.